The standard InChI is InChI=1S/C39H52N4O4/c1-26-18-32(16-17-37(26)47-3)29-14-12-28(13-15-29)24-42(39(46)30-8-5-4-6-9-30)35-11-7-10-31(19-35)34-23-41-43(25-34)27(2)22-40-38(45)33-20-36(44)21-33/h7,10-11,16-19,23,25,27-30,33,36,44H,4-6,8-9,12-15,20-22,24H2,1-3H3,(H,40,45). The number of benzene rings is 2. The van der Waals surface area contributed by atoms with Crippen LogP contribution in [0.25, 0.3) is 11.1 Å². The lowest BCUT2D eigenvalue weighted by Crippen LogP contribution is -2.42. The third kappa shape index (κ3) is 7.91. The van der Waals surface area contributed by atoms with Crippen LogP contribution in [0, 0.1) is 24.7 Å². The Morgan fingerprint density at radius 2 is 1.77 bits per heavy atom. The van der Waals surface area contributed by atoms with Gasteiger partial charge in [0.15, 0.2) is 0 Å². The van der Waals surface area contributed by atoms with E-state index in [1.807, 2.05) is 24.0 Å². The molecule has 1 heterocycles. The number of carbonyl (C=O) groups excluding carboxylic acids is 2. The summed E-state index contributed by atoms with van der Waals surface area (Å²) in [6.07, 6.45) is 14.6. The van der Waals surface area contributed by atoms with Gasteiger partial charge in [0.05, 0.1) is 25.5 Å². The largest absolute Gasteiger partial charge is 0.496 e. The van der Waals surface area contributed by atoms with Crippen molar-refractivity contribution in [3.05, 3.63) is 66.0 Å². The monoisotopic (exact) mass is 640 g/mol. The molecule has 0 bridgehead atoms. The minimum atomic E-state index is -0.342. The third-order valence-electron chi connectivity index (χ3n) is 11.0. The number of methoxy groups -OCH3 is 1. The first-order valence-corrected chi connectivity index (χ1v) is 17.8. The molecule has 1 unspecified atom stereocenters. The Labute approximate surface area is 279 Å². The van der Waals surface area contributed by atoms with E-state index in [-0.39, 0.29) is 35.8 Å². The molecular formula is C39H52N4O4. The summed E-state index contributed by atoms with van der Waals surface area (Å²) in [5.74, 6) is 2.29. The van der Waals surface area contributed by atoms with Gasteiger partial charge < -0.3 is 20.1 Å². The normalized spacial score (nSPS) is 23.8. The van der Waals surface area contributed by atoms with Crippen molar-refractivity contribution < 1.29 is 19.4 Å². The lowest BCUT2D eigenvalue weighted by Gasteiger charge is -2.35. The van der Waals surface area contributed by atoms with Crippen LogP contribution in [0.3, 0.4) is 0 Å². The Morgan fingerprint density at radius 3 is 2.47 bits per heavy atom. The molecule has 3 saturated carbocycles. The molecule has 3 aliphatic rings. The molecule has 252 valence electrons. The molecule has 0 radical (unpaired) electrons. The highest BCUT2D eigenvalue weighted by Crippen LogP contribution is 2.39. The van der Waals surface area contributed by atoms with Crippen LogP contribution in [0.5, 0.6) is 5.75 Å². The van der Waals surface area contributed by atoms with E-state index in [2.05, 4.69) is 64.7 Å². The number of hydrogen-bond donors (Lipinski definition) is 2. The van der Waals surface area contributed by atoms with Gasteiger partial charge >= 0.3 is 0 Å². The molecule has 8 nitrogen and oxygen atoms in total. The van der Waals surface area contributed by atoms with Crippen molar-refractivity contribution >= 4 is 17.5 Å². The Balaban J connectivity index is 1.13. The number of aliphatic hydroxyl groups is 1. The summed E-state index contributed by atoms with van der Waals surface area (Å²) in [6.45, 7) is 5.40. The molecule has 2 aromatic carbocycles. The van der Waals surface area contributed by atoms with E-state index < -0.39 is 0 Å². The summed E-state index contributed by atoms with van der Waals surface area (Å²) < 4.78 is 7.38. The van der Waals surface area contributed by atoms with Crippen LogP contribution in [-0.4, -0.2) is 53.0 Å². The van der Waals surface area contributed by atoms with Gasteiger partial charge in [-0.1, -0.05) is 43.5 Å². The first kappa shape index (κ1) is 33.3. The maximum atomic E-state index is 14.2. The molecule has 3 aromatic rings. The second-order valence-electron chi connectivity index (χ2n) is 14.4. The van der Waals surface area contributed by atoms with Gasteiger partial charge in [-0.15, -0.1) is 0 Å². The molecule has 2 amide bonds. The molecular weight excluding hydrogens is 588 g/mol. The minimum Gasteiger partial charge on any atom is -0.496 e. The summed E-state index contributed by atoms with van der Waals surface area (Å²) >= 11 is 0. The topological polar surface area (TPSA) is 96.7 Å². The quantitative estimate of drug-likeness (QED) is 0.231. The zero-order chi connectivity index (χ0) is 32.9. The smallest absolute Gasteiger partial charge is 0.230 e. The summed E-state index contributed by atoms with van der Waals surface area (Å²) in [4.78, 5) is 28.7. The number of nitrogens with one attached hydrogen (secondary N) is 1. The van der Waals surface area contributed by atoms with E-state index >= 15 is 0 Å². The predicted octanol–water partition coefficient (Wildman–Crippen LogP) is 7.20. The van der Waals surface area contributed by atoms with E-state index in [9.17, 15) is 14.7 Å². The molecule has 1 atom stereocenters. The van der Waals surface area contributed by atoms with E-state index in [1.165, 1.54) is 17.5 Å². The fourth-order valence-electron chi connectivity index (χ4n) is 7.85. The van der Waals surface area contributed by atoms with Crippen LogP contribution in [-0.2, 0) is 9.59 Å². The van der Waals surface area contributed by atoms with Crippen LogP contribution in [0.15, 0.2) is 54.9 Å². The molecule has 8 heteroatoms. The second-order valence-corrected chi connectivity index (χ2v) is 14.4. The zero-order valence-electron chi connectivity index (χ0n) is 28.4. The van der Waals surface area contributed by atoms with Gasteiger partial charge in [-0.3, -0.25) is 14.3 Å². The Kier molecular flexibility index (Phi) is 10.7. The van der Waals surface area contributed by atoms with E-state index in [4.69, 9.17) is 4.74 Å². The fourth-order valence-corrected chi connectivity index (χ4v) is 7.85. The first-order chi connectivity index (χ1) is 22.8. The van der Waals surface area contributed by atoms with Gasteiger partial charge in [-0.25, -0.2) is 0 Å². The number of carbonyl (C=O) groups is 2. The molecule has 3 aliphatic carbocycles. The number of ether oxygens (including phenoxy) is 1. The van der Waals surface area contributed by atoms with Crippen molar-refractivity contribution in [2.75, 3.05) is 25.1 Å². The molecule has 1 aromatic heterocycles. The van der Waals surface area contributed by atoms with Crippen molar-refractivity contribution in [3.63, 3.8) is 0 Å². The highest BCUT2D eigenvalue weighted by atomic mass is 16.5. The van der Waals surface area contributed by atoms with Gasteiger partial charge in [-0.2, -0.15) is 5.10 Å². The van der Waals surface area contributed by atoms with Crippen molar-refractivity contribution in [1.82, 2.24) is 15.1 Å². The predicted molar refractivity (Wildman–Crippen MR) is 185 cm³/mol. The number of aromatic nitrogens is 2. The summed E-state index contributed by atoms with van der Waals surface area (Å²) in [6, 6.07) is 15.0. The number of amides is 2. The van der Waals surface area contributed by atoms with Crippen LogP contribution in [0.4, 0.5) is 5.69 Å². The van der Waals surface area contributed by atoms with E-state index in [1.54, 1.807) is 7.11 Å². The Bertz CT molecular complexity index is 1510. The Morgan fingerprint density at radius 1 is 1.00 bits per heavy atom. The molecule has 47 heavy (non-hydrogen) atoms. The lowest BCUT2D eigenvalue weighted by molar-refractivity contribution is -0.131. The molecule has 0 spiro atoms. The lowest BCUT2D eigenvalue weighted by atomic mass is 9.78. The number of aryl methyl sites for hydroxylation is 1. The second kappa shape index (κ2) is 15.1. The molecule has 2 N–H and O–H groups in total. The average molecular weight is 641 g/mol. The van der Waals surface area contributed by atoms with Gasteiger partial charge in [0.2, 0.25) is 11.8 Å². The Hall–Kier alpha value is -3.65. The summed E-state index contributed by atoms with van der Waals surface area (Å²) in [7, 11) is 1.73. The van der Waals surface area contributed by atoms with Crippen LogP contribution >= 0.6 is 0 Å². The van der Waals surface area contributed by atoms with Gasteiger partial charge in [-0.05, 0) is 112 Å². The molecule has 0 aliphatic heterocycles. The van der Waals surface area contributed by atoms with Crippen molar-refractivity contribution in [2.45, 2.75) is 103 Å². The third-order valence-corrected chi connectivity index (χ3v) is 11.0. The van der Waals surface area contributed by atoms with E-state index in [0.29, 0.717) is 31.2 Å². The fraction of sp³-hybridized carbons (Fsp3) is 0.564. The zero-order valence-corrected chi connectivity index (χ0v) is 28.4. The van der Waals surface area contributed by atoms with Crippen LogP contribution in [0.1, 0.15) is 101 Å². The number of anilines is 1. The molecule has 6 rings (SSSR count). The summed E-state index contributed by atoms with van der Waals surface area (Å²) in [5.41, 5.74) is 5.59. The highest BCUT2D eigenvalue weighted by molar-refractivity contribution is 5.95. The van der Waals surface area contributed by atoms with E-state index in [0.717, 1.165) is 80.5 Å². The van der Waals surface area contributed by atoms with Crippen molar-refractivity contribution in [2.24, 2.45) is 17.8 Å². The minimum absolute atomic E-state index is 0.00858. The van der Waals surface area contributed by atoms with Crippen LogP contribution in [0.2, 0.25) is 0 Å². The highest BCUT2D eigenvalue weighted by Gasteiger charge is 2.33. The SMILES string of the molecule is COc1ccc(C2CCC(CN(C(=O)C3CCCCC3)c3cccc(-c4cnn(C(C)CNC(=O)C5CC(O)C5)c4)c3)CC2)cc1C. The summed E-state index contributed by atoms with van der Waals surface area (Å²) in [5, 5.41) is 17.2. The van der Waals surface area contributed by atoms with Gasteiger partial charge in [0.1, 0.15) is 5.75 Å². The molecule has 3 fully saturated rings. The first-order valence-electron chi connectivity index (χ1n) is 17.8. The number of rotatable bonds is 11. The van der Waals surface area contributed by atoms with Crippen molar-refractivity contribution in [1.29, 1.82) is 0 Å². The number of aliphatic hydroxyl groups excluding tert-OH is 1. The number of nitrogens with zero attached hydrogens (tertiary/aromatic N) is 3. The van der Waals surface area contributed by atoms with Crippen molar-refractivity contribution in [3.8, 4) is 16.9 Å². The number of hydrogen-bond acceptors (Lipinski definition) is 5. The maximum Gasteiger partial charge on any atom is 0.230 e. The average Bonchev–Trinajstić information content (AvgIpc) is 3.59. The molecule has 0 saturated heterocycles. The van der Waals surface area contributed by atoms with Gasteiger partial charge in [0, 0.05) is 42.4 Å². The maximum absolute atomic E-state index is 14.2. The van der Waals surface area contributed by atoms with Crippen LogP contribution < -0.4 is 15.0 Å². The van der Waals surface area contributed by atoms with Gasteiger partial charge in [0.25, 0.3) is 0 Å².